The summed E-state index contributed by atoms with van der Waals surface area (Å²) in [7, 11) is 0. The number of allylic oxidation sites excluding steroid dienone is 1. The Hall–Kier alpha value is -1.72. The van der Waals surface area contributed by atoms with Crippen LogP contribution < -0.4 is 5.32 Å². The van der Waals surface area contributed by atoms with Gasteiger partial charge in [0, 0.05) is 19.3 Å². The summed E-state index contributed by atoms with van der Waals surface area (Å²) < 4.78 is 0. The molecule has 0 unspecified atom stereocenters. The van der Waals surface area contributed by atoms with E-state index in [0.717, 1.165) is 51.4 Å². The molecule has 0 aliphatic heterocycles. The van der Waals surface area contributed by atoms with Gasteiger partial charge in [0.05, 0.1) is 6.10 Å². The molecule has 0 spiro atoms. The molecule has 1 heterocycles. The summed E-state index contributed by atoms with van der Waals surface area (Å²) in [5.74, 6) is 2.20. The number of aliphatic hydroxyl groups is 2. The molecule has 5 nitrogen and oxygen atoms in total. The van der Waals surface area contributed by atoms with Crippen LogP contribution in [0.3, 0.4) is 0 Å². The first-order chi connectivity index (χ1) is 14.9. The molecule has 1 aromatic rings. The molecule has 5 heteroatoms. The minimum Gasteiger partial charge on any atom is -0.396 e. The zero-order valence-electron chi connectivity index (χ0n) is 18.8. The molecule has 7 atom stereocenters. The van der Waals surface area contributed by atoms with E-state index in [-0.39, 0.29) is 24.0 Å². The van der Waals surface area contributed by atoms with Crippen molar-refractivity contribution in [3.8, 4) is 0 Å². The maximum absolute atomic E-state index is 12.8. The van der Waals surface area contributed by atoms with Crippen LogP contribution in [-0.2, 0) is 0 Å². The Morgan fingerprint density at radius 2 is 2.10 bits per heavy atom. The fourth-order valence-corrected chi connectivity index (χ4v) is 7.17. The maximum atomic E-state index is 12.8. The van der Waals surface area contributed by atoms with Crippen molar-refractivity contribution in [2.45, 2.75) is 64.4 Å². The van der Waals surface area contributed by atoms with E-state index in [1.54, 1.807) is 12.3 Å². The minimum atomic E-state index is -0.241. The molecular formula is C26H38N2O3. The van der Waals surface area contributed by atoms with E-state index in [1.807, 2.05) is 12.1 Å². The largest absolute Gasteiger partial charge is 0.396 e. The molecule has 170 valence electrons. The highest BCUT2D eigenvalue weighted by atomic mass is 16.3. The maximum Gasteiger partial charge on any atom is 0.269 e. The normalized spacial score (nSPS) is 38.0. The summed E-state index contributed by atoms with van der Waals surface area (Å²) in [6.45, 7) is 7.64. The van der Waals surface area contributed by atoms with Crippen LogP contribution in [0.15, 0.2) is 36.5 Å². The van der Waals surface area contributed by atoms with E-state index in [1.165, 1.54) is 5.57 Å². The van der Waals surface area contributed by atoms with Crippen LogP contribution in [0.2, 0.25) is 0 Å². The van der Waals surface area contributed by atoms with Crippen LogP contribution in [-0.4, -0.2) is 40.4 Å². The van der Waals surface area contributed by atoms with E-state index in [0.29, 0.717) is 41.8 Å². The fraction of sp³-hybridized carbons (Fsp3) is 0.692. The Bertz CT molecular complexity index is 782. The second-order valence-corrected chi connectivity index (χ2v) is 10.4. The number of fused-ring (bicyclic) bond motifs is 1. The molecule has 3 saturated carbocycles. The second kappa shape index (κ2) is 9.41. The summed E-state index contributed by atoms with van der Waals surface area (Å²) in [6, 6.07) is 5.42. The van der Waals surface area contributed by atoms with Crippen molar-refractivity contribution in [2.24, 2.45) is 35.0 Å². The topological polar surface area (TPSA) is 82.5 Å². The van der Waals surface area contributed by atoms with Gasteiger partial charge in [-0.3, -0.25) is 9.78 Å². The third-order valence-corrected chi connectivity index (χ3v) is 8.91. The molecule has 0 bridgehead atoms. The van der Waals surface area contributed by atoms with Crippen LogP contribution in [0.1, 0.15) is 68.8 Å². The van der Waals surface area contributed by atoms with Gasteiger partial charge in [-0.05, 0) is 98.5 Å². The lowest BCUT2D eigenvalue weighted by Crippen LogP contribution is -2.49. The predicted octanol–water partition coefficient (Wildman–Crippen LogP) is 3.97. The number of hydrogen-bond acceptors (Lipinski definition) is 4. The van der Waals surface area contributed by atoms with Gasteiger partial charge < -0.3 is 15.5 Å². The number of rotatable bonds is 6. The Labute approximate surface area is 186 Å². The van der Waals surface area contributed by atoms with Crippen LogP contribution >= 0.6 is 0 Å². The molecule has 4 rings (SSSR count). The number of aromatic nitrogens is 1. The Kier molecular flexibility index (Phi) is 6.83. The second-order valence-electron chi connectivity index (χ2n) is 10.4. The van der Waals surface area contributed by atoms with E-state index >= 15 is 0 Å². The zero-order valence-corrected chi connectivity index (χ0v) is 18.8. The molecule has 3 fully saturated rings. The highest BCUT2D eigenvalue weighted by Gasteiger charge is 2.53. The van der Waals surface area contributed by atoms with Crippen LogP contribution in [0.4, 0.5) is 0 Å². The van der Waals surface area contributed by atoms with Gasteiger partial charge in [0.2, 0.25) is 0 Å². The highest BCUT2D eigenvalue weighted by Crippen LogP contribution is 2.60. The number of aliphatic hydroxyl groups excluding tert-OH is 2. The number of carbonyl (C=O) groups excluding carboxylic acids is 1. The van der Waals surface area contributed by atoms with Gasteiger partial charge in [0.25, 0.3) is 5.91 Å². The number of amides is 1. The van der Waals surface area contributed by atoms with Gasteiger partial charge in [-0.25, -0.2) is 0 Å². The lowest BCUT2D eigenvalue weighted by atomic mass is 9.54. The number of hydrogen-bond donors (Lipinski definition) is 3. The predicted molar refractivity (Wildman–Crippen MR) is 121 cm³/mol. The first kappa shape index (κ1) is 22.5. The van der Waals surface area contributed by atoms with Gasteiger partial charge in [0.15, 0.2) is 0 Å². The van der Waals surface area contributed by atoms with Crippen molar-refractivity contribution in [1.82, 2.24) is 10.3 Å². The van der Waals surface area contributed by atoms with Gasteiger partial charge in [-0.15, -0.1) is 0 Å². The average molecular weight is 427 g/mol. The van der Waals surface area contributed by atoms with Crippen molar-refractivity contribution < 1.29 is 15.0 Å². The van der Waals surface area contributed by atoms with E-state index in [4.69, 9.17) is 0 Å². The van der Waals surface area contributed by atoms with E-state index in [2.05, 4.69) is 23.8 Å². The van der Waals surface area contributed by atoms with Crippen LogP contribution in [0.25, 0.3) is 0 Å². The van der Waals surface area contributed by atoms with Crippen molar-refractivity contribution >= 4 is 5.91 Å². The fourth-order valence-electron chi connectivity index (χ4n) is 7.17. The van der Waals surface area contributed by atoms with Gasteiger partial charge in [0.1, 0.15) is 5.69 Å². The molecule has 3 aliphatic rings. The number of nitrogens with zero attached hydrogens (tertiary/aromatic N) is 1. The molecule has 3 aliphatic carbocycles. The van der Waals surface area contributed by atoms with Crippen LogP contribution in [0.5, 0.6) is 0 Å². The van der Waals surface area contributed by atoms with Crippen molar-refractivity contribution in [3.63, 3.8) is 0 Å². The lowest BCUT2D eigenvalue weighted by Gasteiger charge is -2.52. The number of nitrogens with one attached hydrogen (secondary N) is 1. The van der Waals surface area contributed by atoms with Crippen LogP contribution in [0, 0.1) is 35.0 Å². The van der Waals surface area contributed by atoms with Gasteiger partial charge in [-0.2, -0.15) is 0 Å². The lowest BCUT2D eigenvalue weighted by molar-refractivity contribution is -0.0282. The molecule has 1 aromatic heterocycles. The summed E-state index contributed by atoms with van der Waals surface area (Å²) in [4.78, 5) is 17.0. The molecule has 3 N–H and O–H groups in total. The van der Waals surface area contributed by atoms with Crippen molar-refractivity contribution in [2.75, 3.05) is 13.2 Å². The Morgan fingerprint density at radius 1 is 1.26 bits per heavy atom. The van der Waals surface area contributed by atoms with E-state index < -0.39 is 0 Å². The Balaban J connectivity index is 1.56. The van der Waals surface area contributed by atoms with Gasteiger partial charge >= 0.3 is 0 Å². The SMILES string of the molecule is C=C1CC[C@H]2[C@H](CNC(=O)c3ccccn3)[C@@H]([C@@H]3CC[C@H](O)C[C@@H]3CCO)CC[C@]12C. The number of carbonyl (C=O) groups is 1. The summed E-state index contributed by atoms with van der Waals surface area (Å²) in [5, 5.41) is 23.1. The average Bonchev–Trinajstić information content (AvgIpc) is 3.08. The zero-order chi connectivity index (χ0) is 22.0. The minimum absolute atomic E-state index is 0.102. The summed E-state index contributed by atoms with van der Waals surface area (Å²) >= 11 is 0. The van der Waals surface area contributed by atoms with Gasteiger partial charge in [-0.1, -0.05) is 25.1 Å². The molecule has 31 heavy (non-hydrogen) atoms. The first-order valence-electron chi connectivity index (χ1n) is 12.1. The molecule has 0 saturated heterocycles. The van der Waals surface area contributed by atoms with Crippen molar-refractivity contribution in [3.05, 3.63) is 42.2 Å². The first-order valence-corrected chi connectivity index (χ1v) is 12.1. The standard InChI is InChI=1S/C26H38N2O3/c1-17-6-9-23-22(16-28-25(31)24-5-3-4-13-27-24)21(10-12-26(17,23)2)20-8-7-19(30)15-18(20)11-14-29/h3-5,13,18-23,29-30H,1,6-12,14-16H2,2H3,(H,28,31)/t18-,19-,20+,21+,22+,23-,26+/m0/s1. The molecular weight excluding hydrogens is 388 g/mol. The summed E-state index contributed by atoms with van der Waals surface area (Å²) in [5.41, 5.74) is 2.01. The molecule has 0 radical (unpaired) electrons. The highest BCUT2D eigenvalue weighted by molar-refractivity contribution is 5.92. The third-order valence-electron chi connectivity index (χ3n) is 8.91. The molecule has 1 amide bonds. The van der Waals surface area contributed by atoms with Crippen molar-refractivity contribution in [1.29, 1.82) is 0 Å². The smallest absolute Gasteiger partial charge is 0.269 e. The quantitative estimate of drug-likeness (QED) is 0.601. The van der Waals surface area contributed by atoms with E-state index in [9.17, 15) is 15.0 Å². The molecule has 0 aromatic carbocycles. The third kappa shape index (κ3) is 4.45. The Morgan fingerprint density at radius 3 is 2.84 bits per heavy atom. The summed E-state index contributed by atoms with van der Waals surface area (Å²) in [6.07, 6.45) is 9.38. The number of pyridine rings is 1. The monoisotopic (exact) mass is 426 g/mol.